The van der Waals surface area contributed by atoms with Crippen molar-refractivity contribution in [3.8, 4) is 11.1 Å². The van der Waals surface area contributed by atoms with Crippen LogP contribution in [0, 0.1) is 6.08 Å². The van der Waals surface area contributed by atoms with E-state index in [1.165, 1.54) is 50.1 Å². The predicted molar refractivity (Wildman–Crippen MR) is 138 cm³/mol. The van der Waals surface area contributed by atoms with E-state index in [0.29, 0.717) is 5.41 Å². The first kappa shape index (κ1) is 30.0. The molecular formula is C32H34Cl2Zr. The number of hydrogen-bond donors (Lipinski definition) is 0. The summed E-state index contributed by atoms with van der Waals surface area (Å²) < 4.78 is 0. The first-order valence-electron chi connectivity index (χ1n) is 11.8. The third-order valence-corrected chi connectivity index (χ3v) is 7.39. The molecule has 3 aliphatic carbocycles. The standard InChI is InChI=1S/C23H21.C9H13.2ClH.Zr/c1-22(2)7-5-14-10-18-16(12-20(14)22)9-17-13-21-15(11-19(17)18)6-8-23(21,3)4;1-9(2,3)8-6-4-5-7-8;;;/h5-7,10-13H,9H2,1-4H3;4-7H,1-3H3;2*1H;/q2*-1;;;+4/p-2. The third-order valence-electron chi connectivity index (χ3n) is 7.39. The Labute approximate surface area is 243 Å². The first-order valence-corrected chi connectivity index (χ1v) is 11.8. The fraction of sp³-hybridized carbons (Fsp3) is 0.344. The van der Waals surface area contributed by atoms with Gasteiger partial charge in [0.1, 0.15) is 0 Å². The van der Waals surface area contributed by atoms with Crippen molar-refractivity contribution in [1.82, 2.24) is 0 Å². The Morgan fingerprint density at radius 3 is 2.00 bits per heavy atom. The van der Waals surface area contributed by atoms with E-state index >= 15 is 0 Å². The van der Waals surface area contributed by atoms with Crippen molar-refractivity contribution in [2.24, 2.45) is 0 Å². The Morgan fingerprint density at radius 2 is 1.46 bits per heavy atom. The number of allylic oxidation sites excluding steroid dienone is 2. The molecule has 3 aromatic rings. The number of benzene rings is 2. The summed E-state index contributed by atoms with van der Waals surface area (Å²) in [6, 6.07) is 18.2. The van der Waals surface area contributed by atoms with E-state index in [-0.39, 0.29) is 61.8 Å². The SMILES string of the molecule is CC(C)(C)c1cc[cH-]c1.CC1(C)[C-]=Cc2cc3c(cc21)Cc1cc2c(cc1-3)C=CC2(C)C.[Cl-].[Cl-].[Zr+4]. The summed E-state index contributed by atoms with van der Waals surface area (Å²) in [6.07, 6.45) is 11.4. The van der Waals surface area contributed by atoms with E-state index in [9.17, 15) is 0 Å². The van der Waals surface area contributed by atoms with Gasteiger partial charge in [-0.05, 0) is 45.9 Å². The second-order valence-electron chi connectivity index (χ2n) is 11.8. The molecule has 6 rings (SSSR count). The van der Waals surface area contributed by atoms with Gasteiger partial charge in [0.05, 0.1) is 0 Å². The minimum atomic E-state index is 0. The molecule has 0 atom stereocenters. The van der Waals surface area contributed by atoms with Gasteiger partial charge in [-0.1, -0.05) is 83.6 Å². The summed E-state index contributed by atoms with van der Waals surface area (Å²) in [4.78, 5) is 0. The molecule has 3 aromatic carbocycles. The maximum absolute atomic E-state index is 3.50. The summed E-state index contributed by atoms with van der Waals surface area (Å²) >= 11 is 0. The van der Waals surface area contributed by atoms with Gasteiger partial charge in [0, 0.05) is 5.41 Å². The number of hydrogen-bond acceptors (Lipinski definition) is 0. The molecule has 180 valence electrons. The van der Waals surface area contributed by atoms with Gasteiger partial charge < -0.3 is 24.8 Å². The summed E-state index contributed by atoms with van der Waals surface area (Å²) in [7, 11) is 0. The van der Waals surface area contributed by atoms with E-state index in [1.54, 1.807) is 0 Å². The summed E-state index contributed by atoms with van der Waals surface area (Å²) in [5, 5.41) is 0. The molecule has 0 radical (unpaired) electrons. The zero-order chi connectivity index (χ0) is 22.9. The molecule has 0 unspecified atom stereocenters. The molecule has 0 amide bonds. The van der Waals surface area contributed by atoms with E-state index in [2.05, 4.69) is 121 Å². The van der Waals surface area contributed by atoms with E-state index in [0.717, 1.165) is 6.42 Å². The normalized spacial score (nSPS) is 16.4. The molecule has 0 saturated heterocycles. The minimum Gasteiger partial charge on any atom is -1.00 e. The van der Waals surface area contributed by atoms with Crippen LogP contribution in [0.2, 0.25) is 0 Å². The molecule has 0 aliphatic heterocycles. The molecule has 0 aromatic heterocycles. The van der Waals surface area contributed by atoms with Crippen LogP contribution in [0.5, 0.6) is 0 Å². The van der Waals surface area contributed by atoms with Gasteiger partial charge in [0.25, 0.3) is 0 Å². The van der Waals surface area contributed by atoms with Crippen molar-refractivity contribution in [2.45, 2.75) is 71.1 Å². The molecule has 3 aliphatic rings. The monoisotopic (exact) mass is 578 g/mol. The number of fused-ring (bicyclic) bond motifs is 5. The molecule has 0 heterocycles. The van der Waals surface area contributed by atoms with Gasteiger partial charge in [-0.3, -0.25) is 6.08 Å². The van der Waals surface area contributed by atoms with Gasteiger partial charge >= 0.3 is 26.2 Å². The molecule has 0 nitrogen and oxygen atoms in total. The Morgan fingerprint density at radius 1 is 0.857 bits per heavy atom. The number of rotatable bonds is 0. The topological polar surface area (TPSA) is 0 Å². The largest absolute Gasteiger partial charge is 4.00 e. The Balaban J connectivity index is 0.000000312. The van der Waals surface area contributed by atoms with Gasteiger partial charge in [-0.15, -0.1) is 11.6 Å². The second kappa shape index (κ2) is 10.2. The van der Waals surface area contributed by atoms with Crippen LogP contribution in [-0.4, -0.2) is 0 Å². The average molecular weight is 581 g/mol. The maximum Gasteiger partial charge on any atom is 4.00 e. The van der Waals surface area contributed by atoms with Crippen molar-refractivity contribution in [3.63, 3.8) is 0 Å². The molecule has 0 fully saturated rings. The minimum absolute atomic E-state index is 0. The molecule has 0 N–H and O–H groups in total. The quantitative estimate of drug-likeness (QED) is 0.281. The van der Waals surface area contributed by atoms with Gasteiger partial charge in [-0.2, -0.15) is 29.3 Å². The smallest absolute Gasteiger partial charge is 1.00 e. The van der Waals surface area contributed by atoms with Crippen molar-refractivity contribution < 1.29 is 51.0 Å². The van der Waals surface area contributed by atoms with Crippen LogP contribution in [0.15, 0.2) is 54.6 Å². The van der Waals surface area contributed by atoms with Gasteiger partial charge in [0.15, 0.2) is 0 Å². The van der Waals surface area contributed by atoms with Crippen molar-refractivity contribution in [3.05, 3.63) is 99.6 Å². The average Bonchev–Trinajstić information content (AvgIpc) is 3.47. The fourth-order valence-electron chi connectivity index (χ4n) is 5.28. The first-order chi connectivity index (χ1) is 15.0. The molecule has 3 heteroatoms. The van der Waals surface area contributed by atoms with E-state index in [1.807, 2.05) is 0 Å². The molecule has 35 heavy (non-hydrogen) atoms. The van der Waals surface area contributed by atoms with Crippen LogP contribution >= 0.6 is 0 Å². The molecule has 0 spiro atoms. The third kappa shape index (κ3) is 5.39. The zero-order valence-electron chi connectivity index (χ0n) is 21.8. The predicted octanol–water partition coefficient (Wildman–Crippen LogP) is 2.38. The van der Waals surface area contributed by atoms with E-state index in [4.69, 9.17) is 0 Å². The van der Waals surface area contributed by atoms with Crippen LogP contribution in [0.1, 0.15) is 87.4 Å². The molecular weight excluding hydrogens is 546 g/mol. The van der Waals surface area contributed by atoms with Crippen molar-refractivity contribution in [1.29, 1.82) is 0 Å². The van der Waals surface area contributed by atoms with Crippen LogP contribution in [0.25, 0.3) is 23.3 Å². The van der Waals surface area contributed by atoms with Crippen molar-refractivity contribution >= 4 is 12.2 Å². The van der Waals surface area contributed by atoms with Crippen LogP contribution in [0.4, 0.5) is 0 Å². The molecule has 0 saturated carbocycles. The Hall–Kier alpha value is -1.27. The summed E-state index contributed by atoms with van der Waals surface area (Å²) in [6.45, 7) is 15.8. The Bertz CT molecular complexity index is 1190. The van der Waals surface area contributed by atoms with Gasteiger partial charge in [-0.25, -0.2) is 12.1 Å². The Kier molecular flexibility index (Phi) is 8.77. The molecule has 0 bridgehead atoms. The van der Waals surface area contributed by atoms with Crippen LogP contribution in [0.3, 0.4) is 0 Å². The summed E-state index contributed by atoms with van der Waals surface area (Å²) in [5.41, 5.74) is 13.4. The zero-order valence-corrected chi connectivity index (χ0v) is 25.8. The second-order valence-corrected chi connectivity index (χ2v) is 11.8. The maximum atomic E-state index is 3.50. The fourth-order valence-corrected chi connectivity index (χ4v) is 5.28. The van der Waals surface area contributed by atoms with E-state index < -0.39 is 0 Å². The summed E-state index contributed by atoms with van der Waals surface area (Å²) in [5.74, 6) is 0. The van der Waals surface area contributed by atoms with Crippen molar-refractivity contribution in [2.75, 3.05) is 0 Å². The van der Waals surface area contributed by atoms with Crippen LogP contribution in [-0.2, 0) is 48.9 Å². The van der Waals surface area contributed by atoms with Crippen LogP contribution < -0.4 is 24.8 Å². The van der Waals surface area contributed by atoms with Gasteiger partial charge in [0.2, 0.25) is 0 Å². The number of halogens is 2.